The molecule has 0 atom stereocenters. The molecule has 0 radical (unpaired) electrons. The lowest BCUT2D eigenvalue weighted by molar-refractivity contribution is -0.384. The smallest absolute Gasteiger partial charge is 0.269 e. The van der Waals surface area contributed by atoms with E-state index < -0.39 is 4.92 Å². The molecule has 0 aliphatic heterocycles. The van der Waals surface area contributed by atoms with Gasteiger partial charge in [0.15, 0.2) is 5.78 Å². The summed E-state index contributed by atoms with van der Waals surface area (Å²) in [4.78, 5) is 21.8. The SMILES string of the molecule is O=C(/C=C\c1ccccc1)c1ccc([N+](=O)[O-])cc1. The topological polar surface area (TPSA) is 60.2 Å². The summed E-state index contributed by atoms with van der Waals surface area (Å²) in [5.41, 5.74) is 1.33. The van der Waals surface area contributed by atoms with Crippen molar-refractivity contribution in [2.45, 2.75) is 0 Å². The van der Waals surface area contributed by atoms with E-state index in [0.29, 0.717) is 5.56 Å². The molecule has 0 heterocycles. The number of non-ortho nitro benzene ring substituents is 1. The Morgan fingerprint density at radius 3 is 2.21 bits per heavy atom. The lowest BCUT2D eigenvalue weighted by atomic mass is 10.1. The number of nitro groups is 1. The van der Waals surface area contributed by atoms with E-state index in [1.165, 1.54) is 30.3 Å². The molecule has 0 N–H and O–H groups in total. The fourth-order valence-electron chi connectivity index (χ4n) is 1.58. The van der Waals surface area contributed by atoms with Crippen molar-refractivity contribution in [1.82, 2.24) is 0 Å². The maximum absolute atomic E-state index is 11.8. The van der Waals surface area contributed by atoms with Crippen molar-refractivity contribution in [2.75, 3.05) is 0 Å². The Balaban J connectivity index is 2.12. The van der Waals surface area contributed by atoms with Gasteiger partial charge in [-0.3, -0.25) is 14.9 Å². The molecule has 0 saturated carbocycles. The summed E-state index contributed by atoms with van der Waals surface area (Å²) in [5, 5.41) is 10.5. The minimum Gasteiger partial charge on any atom is -0.289 e. The predicted molar refractivity (Wildman–Crippen MR) is 72.9 cm³/mol. The number of rotatable bonds is 4. The van der Waals surface area contributed by atoms with Gasteiger partial charge in [-0.2, -0.15) is 0 Å². The van der Waals surface area contributed by atoms with E-state index in [0.717, 1.165) is 5.56 Å². The van der Waals surface area contributed by atoms with Crippen molar-refractivity contribution < 1.29 is 9.72 Å². The molecule has 2 aromatic carbocycles. The summed E-state index contributed by atoms with van der Waals surface area (Å²) >= 11 is 0. The van der Waals surface area contributed by atoms with E-state index in [1.54, 1.807) is 6.08 Å². The molecule has 0 unspecified atom stereocenters. The van der Waals surface area contributed by atoms with E-state index in [-0.39, 0.29) is 11.5 Å². The minimum atomic E-state index is -0.492. The summed E-state index contributed by atoms with van der Waals surface area (Å²) in [6.07, 6.45) is 3.17. The monoisotopic (exact) mass is 253 g/mol. The van der Waals surface area contributed by atoms with Gasteiger partial charge in [-0.1, -0.05) is 36.4 Å². The number of carbonyl (C=O) groups is 1. The van der Waals surface area contributed by atoms with Gasteiger partial charge in [-0.15, -0.1) is 0 Å². The molecule has 0 spiro atoms. The molecule has 2 rings (SSSR count). The van der Waals surface area contributed by atoms with Crippen LogP contribution in [0.25, 0.3) is 6.08 Å². The van der Waals surface area contributed by atoms with Gasteiger partial charge in [0.1, 0.15) is 0 Å². The minimum absolute atomic E-state index is 0.0245. The first-order valence-electron chi connectivity index (χ1n) is 5.69. The Hall–Kier alpha value is -2.75. The van der Waals surface area contributed by atoms with E-state index in [2.05, 4.69) is 0 Å². The number of hydrogen-bond acceptors (Lipinski definition) is 3. The van der Waals surface area contributed by atoms with Crippen molar-refractivity contribution in [2.24, 2.45) is 0 Å². The average molecular weight is 253 g/mol. The van der Waals surface area contributed by atoms with Crippen LogP contribution in [-0.2, 0) is 0 Å². The zero-order valence-electron chi connectivity index (χ0n) is 10.0. The van der Waals surface area contributed by atoms with E-state index >= 15 is 0 Å². The Labute approximate surface area is 110 Å². The van der Waals surface area contributed by atoms with Gasteiger partial charge >= 0.3 is 0 Å². The summed E-state index contributed by atoms with van der Waals surface area (Å²) in [5.74, 6) is -0.182. The third-order valence-corrected chi connectivity index (χ3v) is 2.59. The standard InChI is InChI=1S/C15H11NO3/c17-15(11-6-12-4-2-1-3-5-12)13-7-9-14(10-8-13)16(18)19/h1-11H/b11-6-. The molecule has 4 heteroatoms. The van der Waals surface area contributed by atoms with Crippen LogP contribution in [0.3, 0.4) is 0 Å². The predicted octanol–water partition coefficient (Wildman–Crippen LogP) is 3.49. The van der Waals surface area contributed by atoms with Crippen LogP contribution >= 0.6 is 0 Å². The van der Waals surface area contributed by atoms with Crippen LogP contribution in [-0.4, -0.2) is 10.7 Å². The van der Waals surface area contributed by atoms with Gasteiger partial charge in [-0.25, -0.2) is 0 Å². The van der Waals surface area contributed by atoms with Crippen LogP contribution in [0.15, 0.2) is 60.7 Å². The van der Waals surface area contributed by atoms with E-state index in [1.807, 2.05) is 30.3 Å². The van der Waals surface area contributed by atoms with Gasteiger partial charge in [0.05, 0.1) is 4.92 Å². The summed E-state index contributed by atoms with van der Waals surface area (Å²) < 4.78 is 0. The molecular weight excluding hydrogens is 242 g/mol. The van der Waals surface area contributed by atoms with Gasteiger partial charge in [0.25, 0.3) is 5.69 Å². The highest BCUT2D eigenvalue weighted by Gasteiger charge is 2.06. The van der Waals surface area contributed by atoms with Crippen molar-refractivity contribution in [3.8, 4) is 0 Å². The first kappa shape index (κ1) is 12.7. The van der Waals surface area contributed by atoms with E-state index in [4.69, 9.17) is 0 Å². The van der Waals surface area contributed by atoms with Crippen LogP contribution < -0.4 is 0 Å². The summed E-state index contributed by atoms with van der Waals surface area (Å²) in [7, 11) is 0. The number of hydrogen-bond donors (Lipinski definition) is 0. The second-order valence-corrected chi connectivity index (χ2v) is 3.91. The highest BCUT2D eigenvalue weighted by molar-refractivity contribution is 6.06. The third kappa shape index (κ3) is 3.35. The molecule has 0 saturated heterocycles. The molecule has 0 amide bonds. The lowest BCUT2D eigenvalue weighted by Gasteiger charge is -1.96. The second-order valence-electron chi connectivity index (χ2n) is 3.91. The first-order chi connectivity index (χ1) is 9.16. The molecule has 2 aromatic rings. The number of nitro benzene ring substituents is 1. The zero-order valence-corrected chi connectivity index (χ0v) is 10.0. The van der Waals surface area contributed by atoms with Gasteiger partial charge < -0.3 is 0 Å². The number of allylic oxidation sites excluding steroid dienone is 1. The Morgan fingerprint density at radius 1 is 1.00 bits per heavy atom. The van der Waals surface area contributed by atoms with Gasteiger partial charge in [0.2, 0.25) is 0 Å². The fourth-order valence-corrected chi connectivity index (χ4v) is 1.58. The molecule has 0 aliphatic rings. The van der Waals surface area contributed by atoms with Crippen LogP contribution in [0.4, 0.5) is 5.69 Å². The lowest BCUT2D eigenvalue weighted by Crippen LogP contribution is -1.95. The molecular formula is C15H11NO3. The van der Waals surface area contributed by atoms with Crippen molar-refractivity contribution in [3.63, 3.8) is 0 Å². The van der Waals surface area contributed by atoms with Crippen LogP contribution in [0, 0.1) is 10.1 Å². The molecule has 19 heavy (non-hydrogen) atoms. The molecule has 0 aliphatic carbocycles. The molecule has 4 nitrogen and oxygen atoms in total. The maximum Gasteiger partial charge on any atom is 0.269 e. The normalized spacial score (nSPS) is 10.5. The second kappa shape index (κ2) is 5.73. The van der Waals surface area contributed by atoms with Crippen LogP contribution in [0.2, 0.25) is 0 Å². The third-order valence-electron chi connectivity index (χ3n) is 2.59. The number of benzene rings is 2. The van der Waals surface area contributed by atoms with Crippen molar-refractivity contribution in [3.05, 3.63) is 81.9 Å². The number of nitrogens with zero attached hydrogens (tertiary/aromatic N) is 1. The van der Waals surface area contributed by atoms with Crippen LogP contribution in [0.5, 0.6) is 0 Å². The van der Waals surface area contributed by atoms with Crippen LogP contribution in [0.1, 0.15) is 15.9 Å². The highest BCUT2D eigenvalue weighted by Crippen LogP contribution is 2.13. The number of carbonyl (C=O) groups excluding carboxylic acids is 1. The largest absolute Gasteiger partial charge is 0.289 e. The molecule has 94 valence electrons. The van der Waals surface area contributed by atoms with E-state index in [9.17, 15) is 14.9 Å². The average Bonchev–Trinajstić information content (AvgIpc) is 2.46. The zero-order chi connectivity index (χ0) is 13.7. The maximum atomic E-state index is 11.8. The highest BCUT2D eigenvalue weighted by atomic mass is 16.6. The van der Waals surface area contributed by atoms with Gasteiger partial charge in [-0.05, 0) is 23.8 Å². The molecule has 0 fully saturated rings. The van der Waals surface area contributed by atoms with Gasteiger partial charge in [0, 0.05) is 17.7 Å². The Morgan fingerprint density at radius 2 is 1.63 bits per heavy atom. The first-order valence-corrected chi connectivity index (χ1v) is 5.69. The molecule has 0 bridgehead atoms. The summed E-state index contributed by atoms with van der Waals surface area (Å²) in [6, 6.07) is 15.0. The number of ketones is 1. The Bertz CT molecular complexity index is 616. The van der Waals surface area contributed by atoms with Crippen molar-refractivity contribution >= 4 is 17.5 Å². The summed E-state index contributed by atoms with van der Waals surface area (Å²) in [6.45, 7) is 0. The Kier molecular flexibility index (Phi) is 3.83. The molecule has 0 aromatic heterocycles. The fraction of sp³-hybridized carbons (Fsp3) is 0. The quantitative estimate of drug-likeness (QED) is 0.362. The van der Waals surface area contributed by atoms with Crippen molar-refractivity contribution in [1.29, 1.82) is 0 Å².